The standard InChI is InChI=1S/C13H14IN5O4/c1-3-7(16)4-2-5(15)8(17)12(23-19)9(20)6(4)11-10(3)21-13(14,18)22-11/h2H,15-19H2,1H3. The first-order chi connectivity index (χ1) is 10.7. The second kappa shape index (κ2) is 4.91. The van der Waals surface area contributed by atoms with Gasteiger partial charge in [-0.1, -0.05) is 0 Å². The van der Waals surface area contributed by atoms with Gasteiger partial charge in [0.2, 0.25) is 11.2 Å². The molecule has 10 N–H and O–H groups in total. The Morgan fingerprint density at radius 2 is 1.78 bits per heavy atom. The van der Waals surface area contributed by atoms with Gasteiger partial charge in [-0.2, -0.15) is 5.90 Å². The highest BCUT2D eigenvalue weighted by atomic mass is 127. The lowest BCUT2D eigenvalue weighted by Crippen LogP contribution is -2.41. The number of nitrogen functional groups attached to an aromatic ring is 3. The predicted octanol–water partition coefficient (Wildman–Crippen LogP) is 0.284. The number of ether oxygens (including phenoxy) is 2. The zero-order chi connectivity index (χ0) is 17.1. The molecular weight excluding hydrogens is 417 g/mol. The lowest BCUT2D eigenvalue weighted by atomic mass is 10.0. The minimum atomic E-state index is -1.47. The number of alkyl halides is 1. The first-order valence-electron chi connectivity index (χ1n) is 6.38. The normalized spacial score (nSPS) is 19.1. The van der Waals surface area contributed by atoms with Gasteiger partial charge in [0, 0.05) is 39.2 Å². The highest BCUT2D eigenvalue weighted by Gasteiger charge is 2.39. The maximum Gasteiger partial charge on any atom is 0.365 e. The molecule has 10 heteroatoms. The Kier molecular flexibility index (Phi) is 3.35. The molecule has 0 amide bonds. The molecule has 23 heavy (non-hydrogen) atoms. The fourth-order valence-corrected chi connectivity index (χ4v) is 2.92. The fourth-order valence-electron chi connectivity index (χ4n) is 2.48. The van der Waals surface area contributed by atoms with Gasteiger partial charge in [-0.3, -0.25) is 4.79 Å². The van der Waals surface area contributed by atoms with Crippen molar-refractivity contribution >= 4 is 50.4 Å². The van der Waals surface area contributed by atoms with Gasteiger partial charge in [-0.15, -0.1) is 0 Å². The van der Waals surface area contributed by atoms with E-state index in [0.717, 1.165) is 0 Å². The molecule has 1 heterocycles. The van der Waals surface area contributed by atoms with Crippen LogP contribution in [0.15, 0.2) is 10.9 Å². The molecule has 0 aliphatic carbocycles. The molecule has 2 aromatic carbocycles. The number of hydrogen-bond donors (Lipinski definition) is 5. The average molecular weight is 431 g/mol. The van der Waals surface area contributed by atoms with Crippen LogP contribution in [0.3, 0.4) is 0 Å². The van der Waals surface area contributed by atoms with Crippen molar-refractivity contribution in [1.29, 1.82) is 0 Å². The summed E-state index contributed by atoms with van der Waals surface area (Å²) < 4.78 is 9.61. The number of hydrogen-bond acceptors (Lipinski definition) is 9. The van der Waals surface area contributed by atoms with E-state index < -0.39 is 9.35 Å². The van der Waals surface area contributed by atoms with E-state index >= 15 is 0 Å². The van der Waals surface area contributed by atoms with Gasteiger partial charge >= 0.3 is 3.92 Å². The summed E-state index contributed by atoms with van der Waals surface area (Å²) in [5, 5.41) is 0.424. The van der Waals surface area contributed by atoms with Gasteiger partial charge < -0.3 is 31.5 Å². The summed E-state index contributed by atoms with van der Waals surface area (Å²) >= 11 is 1.75. The molecule has 0 aromatic heterocycles. The average Bonchev–Trinajstić information content (AvgIpc) is 2.75. The maximum atomic E-state index is 12.8. The van der Waals surface area contributed by atoms with E-state index in [2.05, 4.69) is 4.84 Å². The smallest absolute Gasteiger partial charge is 0.365 e. The molecule has 3 rings (SSSR count). The van der Waals surface area contributed by atoms with Crippen LogP contribution in [0.5, 0.6) is 17.2 Å². The first-order valence-corrected chi connectivity index (χ1v) is 7.46. The first kappa shape index (κ1) is 15.7. The highest BCUT2D eigenvalue weighted by molar-refractivity contribution is 14.1. The van der Waals surface area contributed by atoms with E-state index in [9.17, 15) is 4.79 Å². The molecule has 122 valence electrons. The molecular formula is C13H14IN5O4. The van der Waals surface area contributed by atoms with E-state index in [4.69, 9.17) is 38.3 Å². The van der Waals surface area contributed by atoms with Gasteiger partial charge in [0.1, 0.15) is 5.69 Å². The lowest BCUT2D eigenvalue weighted by Gasteiger charge is -2.13. The molecule has 0 saturated carbocycles. The van der Waals surface area contributed by atoms with Crippen LogP contribution in [-0.2, 0) is 0 Å². The Morgan fingerprint density at radius 3 is 2.39 bits per heavy atom. The maximum absolute atomic E-state index is 12.8. The lowest BCUT2D eigenvalue weighted by molar-refractivity contribution is 0.0375. The van der Waals surface area contributed by atoms with Crippen LogP contribution in [0.4, 0.5) is 17.1 Å². The largest absolute Gasteiger partial charge is 0.428 e. The van der Waals surface area contributed by atoms with Crippen molar-refractivity contribution in [3.8, 4) is 17.2 Å². The Balaban J connectivity index is 2.62. The monoisotopic (exact) mass is 431 g/mol. The molecule has 1 aliphatic heterocycles. The van der Waals surface area contributed by atoms with E-state index in [0.29, 0.717) is 16.6 Å². The van der Waals surface area contributed by atoms with Gasteiger partial charge in [0.15, 0.2) is 11.5 Å². The summed E-state index contributed by atoms with van der Waals surface area (Å²) in [7, 11) is 0. The van der Waals surface area contributed by atoms with Crippen molar-refractivity contribution < 1.29 is 14.3 Å². The molecule has 0 fully saturated rings. The van der Waals surface area contributed by atoms with Crippen molar-refractivity contribution in [2.45, 2.75) is 10.8 Å². The molecule has 0 bridgehead atoms. The van der Waals surface area contributed by atoms with E-state index in [1.165, 1.54) is 6.07 Å². The SMILES string of the molecule is Cc1c2c(c3c(=O)c(ON)c(N)c(N)cc3c1N)OC(N)(I)O2. The highest BCUT2D eigenvalue weighted by Crippen LogP contribution is 2.49. The van der Waals surface area contributed by atoms with Crippen LogP contribution in [0.25, 0.3) is 10.8 Å². The molecule has 0 saturated heterocycles. The van der Waals surface area contributed by atoms with Gasteiger partial charge in [-0.05, 0) is 13.0 Å². The molecule has 1 atom stereocenters. The molecule has 1 aliphatic rings. The van der Waals surface area contributed by atoms with E-state index in [1.54, 1.807) is 29.5 Å². The fraction of sp³-hybridized carbons (Fsp3) is 0.154. The van der Waals surface area contributed by atoms with E-state index in [-0.39, 0.29) is 34.0 Å². The number of halogens is 1. The Labute approximate surface area is 143 Å². The number of anilines is 3. The van der Waals surface area contributed by atoms with Gasteiger partial charge in [-0.25, -0.2) is 5.73 Å². The minimum absolute atomic E-state index is 0.0796. The van der Waals surface area contributed by atoms with Crippen molar-refractivity contribution in [2.24, 2.45) is 11.6 Å². The summed E-state index contributed by atoms with van der Waals surface area (Å²) in [4.78, 5) is 17.4. The van der Waals surface area contributed by atoms with Crippen molar-refractivity contribution in [2.75, 3.05) is 17.2 Å². The zero-order valence-electron chi connectivity index (χ0n) is 12.0. The number of rotatable bonds is 1. The minimum Gasteiger partial charge on any atom is -0.428 e. The van der Waals surface area contributed by atoms with Crippen molar-refractivity contribution in [3.63, 3.8) is 0 Å². The van der Waals surface area contributed by atoms with Crippen LogP contribution in [0.2, 0.25) is 0 Å². The van der Waals surface area contributed by atoms with Gasteiger partial charge in [0.05, 0.1) is 11.1 Å². The molecule has 0 radical (unpaired) electrons. The van der Waals surface area contributed by atoms with Gasteiger partial charge in [0.25, 0.3) is 0 Å². The zero-order valence-corrected chi connectivity index (χ0v) is 14.1. The Morgan fingerprint density at radius 1 is 1.17 bits per heavy atom. The molecule has 9 nitrogen and oxygen atoms in total. The van der Waals surface area contributed by atoms with Crippen LogP contribution in [0.1, 0.15) is 5.56 Å². The third-order valence-corrected chi connectivity index (χ3v) is 4.07. The number of benzene rings is 1. The Hall–Kier alpha value is -2.18. The summed E-state index contributed by atoms with van der Waals surface area (Å²) in [6, 6.07) is 1.46. The molecule has 1 unspecified atom stereocenters. The topological polar surface area (TPSA) is 175 Å². The van der Waals surface area contributed by atoms with E-state index in [1.807, 2.05) is 0 Å². The third-order valence-electron chi connectivity index (χ3n) is 3.63. The summed E-state index contributed by atoms with van der Waals surface area (Å²) in [6.45, 7) is 1.71. The second-order valence-corrected chi connectivity index (χ2v) is 6.57. The summed E-state index contributed by atoms with van der Waals surface area (Å²) in [6.07, 6.45) is 0. The summed E-state index contributed by atoms with van der Waals surface area (Å²) in [5.41, 5.74) is 23.9. The molecule has 2 aromatic rings. The second-order valence-electron chi connectivity index (χ2n) is 5.06. The van der Waals surface area contributed by atoms with Crippen LogP contribution in [-0.4, -0.2) is 3.92 Å². The van der Waals surface area contributed by atoms with Crippen LogP contribution in [0, 0.1) is 6.92 Å². The number of fused-ring (bicyclic) bond motifs is 3. The molecule has 0 spiro atoms. The number of nitrogens with two attached hydrogens (primary N) is 5. The summed E-state index contributed by atoms with van der Waals surface area (Å²) in [5.74, 6) is 5.27. The Bertz CT molecular complexity index is 916. The quantitative estimate of drug-likeness (QED) is 0.140. The third kappa shape index (κ3) is 2.17. The van der Waals surface area contributed by atoms with Crippen LogP contribution < -0.4 is 48.6 Å². The predicted molar refractivity (Wildman–Crippen MR) is 95.2 cm³/mol. The van der Waals surface area contributed by atoms with Crippen molar-refractivity contribution in [3.05, 3.63) is 21.9 Å². The van der Waals surface area contributed by atoms with Crippen LogP contribution >= 0.6 is 22.6 Å². The van der Waals surface area contributed by atoms with Crippen molar-refractivity contribution in [1.82, 2.24) is 0 Å².